The molecule has 0 aromatic heterocycles. The van der Waals surface area contributed by atoms with Crippen molar-refractivity contribution in [2.75, 3.05) is 14.1 Å². The summed E-state index contributed by atoms with van der Waals surface area (Å²) >= 11 is 0. The van der Waals surface area contributed by atoms with Gasteiger partial charge in [-0.2, -0.15) is 0 Å². The fraction of sp³-hybridized carbons (Fsp3) is 0.333. The maximum atomic E-state index is 11.7. The fourth-order valence-electron chi connectivity index (χ4n) is 1.39. The van der Waals surface area contributed by atoms with E-state index >= 15 is 0 Å². The molecule has 0 aliphatic carbocycles. The van der Waals surface area contributed by atoms with Gasteiger partial charge in [-0.25, -0.2) is 0 Å². The average molecular weight is 205 g/mol. The minimum Gasteiger partial charge on any atom is -0.342 e. The number of carbonyl (C=O) groups excluding carboxylic acids is 2. The number of hydrogen-bond donors (Lipinski definition) is 0. The lowest BCUT2D eigenvalue weighted by molar-refractivity contribution is -0.124. The lowest BCUT2D eigenvalue weighted by atomic mass is 10.0. The van der Waals surface area contributed by atoms with Gasteiger partial charge in [-0.3, -0.25) is 9.59 Å². The van der Waals surface area contributed by atoms with Crippen LogP contribution in [0.1, 0.15) is 21.5 Å². The molecule has 0 saturated carbocycles. The highest BCUT2D eigenvalue weighted by atomic mass is 16.2. The minimum absolute atomic E-state index is 0.447. The number of aryl methyl sites for hydroxylation is 2. The largest absolute Gasteiger partial charge is 0.342 e. The van der Waals surface area contributed by atoms with Gasteiger partial charge in [0.15, 0.2) is 0 Å². The van der Waals surface area contributed by atoms with Crippen LogP contribution in [0.25, 0.3) is 0 Å². The quantitative estimate of drug-likeness (QED) is 0.543. The van der Waals surface area contributed by atoms with E-state index in [0.29, 0.717) is 5.56 Å². The van der Waals surface area contributed by atoms with E-state index in [1.807, 2.05) is 26.0 Å². The van der Waals surface area contributed by atoms with Crippen LogP contribution in [0.3, 0.4) is 0 Å². The molecule has 0 bridgehead atoms. The molecule has 1 amide bonds. The zero-order valence-corrected chi connectivity index (χ0v) is 9.50. The van der Waals surface area contributed by atoms with Crippen molar-refractivity contribution in [1.82, 2.24) is 4.90 Å². The van der Waals surface area contributed by atoms with E-state index in [0.717, 1.165) is 11.1 Å². The monoisotopic (exact) mass is 205 g/mol. The first-order chi connectivity index (χ1) is 6.93. The van der Waals surface area contributed by atoms with Gasteiger partial charge < -0.3 is 4.90 Å². The van der Waals surface area contributed by atoms with Crippen LogP contribution in [-0.4, -0.2) is 30.7 Å². The molecule has 15 heavy (non-hydrogen) atoms. The Labute approximate surface area is 89.7 Å². The predicted molar refractivity (Wildman–Crippen MR) is 58.9 cm³/mol. The van der Waals surface area contributed by atoms with Gasteiger partial charge in [0.2, 0.25) is 0 Å². The SMILES string of the molecule is Cc1ccc(C(=O)C(=O)N(C)C)c(C)c1. The van der Waals surface area contributed by atoms with Crippen molar-refractivity contribution < 1.29 is 9.59 Å². The molecule has 0 saturated heterocycles. The number of hydrogen-bond acceptors (Lipinski definition) is 2. The first kappa shape index (κ1) is 11.4. The highest BCUT2D eigenvalue weighted by Crippen LogP contribution is 2.11. The second-order valence-electron chi connectivity index (χ2n) is 3.85. The summed E-state index contributed by atoms with van der Waals surface area (Å²) in [6.07, 6.45) is 0. The third-order valence-corrected chi connectivity index (χ3v) is 2.23. The summed E-state index contributed by atoms with van der Waals surface area (Å²) in [5.41, 5.74) is 2.41. The molecule has 1 aromatic rings. The van der Waals surface area contributed by atoms with Crippen LogP contribution in [0.4, 0.5) is 0 Å². The molecule has 80 valence electrons. The van der Waals surface area contributed by atoms with E-state index in [1.54, 1.807) is 20.2 Å². The molecule has 0 atom stereocenters. The van der Waals surface area contributed by atoms with E-state index in [9.17, 15) is 9.59 Å². The smallest absolute Gasteiger partial charge is 0.294 e. The van der Waals surface area contributed by atoms with Gasteiger partial charge in [-0.15, -0.1) is 0 Å². The topological polar surface area (TPSA) is 37.4 Å². The Bertz CT molecular complexity index is 408. The third-order valence-electron chi connectivity index (χ3n) is 2.23. The molecular weight excluding hydrogens is 190 g/mol. The molecular formula is C12H15NO2. The average Bonchev–Trinajstić information content (AvgIpc) is 2.15. The molecule has 0 heterocycles. The van der Waals surface area contributed by atoms with Crippen molar-refractivity contribution in [3.8, 4) is 0 Å². The molecule has 0 N–H and O–H groups in total. The Hall–Kier alpha value is -1.64. The maximum absolute atomic E-state index is 11.7. The normalized spacial score (nSPS) is 9.87. The zero-order valence-electron chi connectivity index (χ0n) is 9.50. The van der Waals surface area contributed by atoms with Crippen molar-refractivity contribution >= 4 is 11.7 Å². The van der Waals surface area contributed by atoms with Crippen molar-refractivity contribution in [3.63, 3.8) is 0 Å². The molecule has 1 rings (SSSR count). The Morgan fingerprint density at radius 1 is 1.13 bits per heavy atom. The van der Waals surface area contributed by atoms with Crippen molar-refractivity contribution in [1.29, 1.82) is 0 Å². The number of rotatable bonds is 2. The number of ketones is 1. The number of Topliss-reactive ketones (excluding diaryl/α,β-unsaturated/α-hetero) is 1. The summed E-state index contributed by atoms with van der Waals surface area (Å²) in [5, 5.41) is 0. The second kappa shape index (κ2) is 4.26. The Kier molecular flexibility index (Phi) is 3.24. The molecule has 0 aliphatic rings. The van der Waals surface area contributed by atoms with E-state index in [2.05, 4.69) is 0 Å². The Balaban J connectivity index is 3.07. The molecule has 0 radical (unpaired) electrons. The van der Waals surface area contributed by atoms with Crippen molar-refractivity contribution in [2.45, 2.75) is 13.8 Å². The van der Waals surface area contributed by atoms with E-state index in [4.69, 9.17) is 0 Å². The zero-order chi connectivity index (χ0) is 11.6. The predicted octanol–water partition coefficient (Wildman–Crippen LogP) is 1.57. The summed E-state index contributed by atoms with van der Waals surface area (Å²) in [5.74, 6) is -0.931. The number of amides is 1. The van der Waals surface area contributed by atoms with Crippen LogP contribution >= 0.6 is 0 Å². The highest BCUT2D eigenvalue weighted by Gasteiger charge is 2.19. The summed E-state index contributed by atoms with van der Waals surface area (Å²) in [6, 6.07) is 5.44. The maximum Gasteiger partial charge on any atom is 0.294 e. The number of benzene rings is 1. The molecule has 0 spiro atoms. The summed E-state index contributed by atoms with van der Waals surface area (Å²) in [4.78, 5) is 24.5. The standard InChI is InChI=1S/C12H15NO2/c1-8-5-6-10(9(2)7-8)11(14)12(15)13(3)4/h5-7H,1-4H3. The fourth-order valence-corrected chi connectivity index (χ4v) is 1.39. The van der Waals surface area contributed by atoms with E-state index in [-0.39, 0.29) is 0 Å². The summed E-state index contributed by atoms with van der Waals surface area (Å²) in [7, 11) is 3.15. The Morgan fingerprint density at radius 2 is 1.73 bits per heavy atom. The van der Waals surface area contributed by atoms with E-state index in [1.165, 1.54) is 4.90 Å². The van der Waals surface area contributed by atoms with Crippen molar-refractivity contribution in [2.24, 2.45) is 0 Å². The molecule has 0 unspecified atom stereocenters. The molecule has 0 fully saturated rings. The third kappa shape index (κ3) is 2.43. The number of carbonyl (C=O) groups is 2. The van der Waals surface area contributed by atoms with E-state index < -0.39 is 11.7 Å². The molecule has 3 heteroatoms. The summed E-state index contributed by atoms with van der Waals surface area (Å²) < 4.78 is 0. The highest BCUT2D eigenvalue weighted by molar-refractivity contribution is 6.42. The summed E-state index contributed by atoms with van der Waals surface area (Å²) in [6.45, 7) is 3.79. The first-order valence-corrected chi connectivity index (χ1v) is 4.76. The lowest BCUT2D eigenvalue weighted by Gasteiger charge is -2.10. The Morgan fingerprint density at radius 3 is 2.20 bits per heavy atom. The van der Waals surface area contributed by atoms with Gasteiger partial charge in [0, 0.05) is 19.7 Å². The number of likely N-dealkylation sites (N-methyl/N-ethyl adjacent to an activating group) is 1. The van der Waals surface area contributed by atoms with Crippen LogP contribution in [-0.2, 0) is 4.79 Å². The van der Waals surface area contributed by atoms with Crippen LogP contribution in [0, 0.1) is 13.8 Å². The van der Waals surface area contributed by atoms with Crippen LogP contribution in [0.5, 0.6) is 0 Å². The van der Waals surface area contributed by atoms with Gasteiger partial charge in [0.25, 0.3) is 11.7 Å². The van der Waals surface area contributed by atoms with Crippen LogP contribution in [0.2, 0.25) is 0 Å². The van der Waals surface area contributed by atoms with Gasteiger partial charge in [0.05, 0.1) is 0 Å². The number of nitrogens with zero attached hydrogens (tertiary/aromatic N) is 1. The van der Waals surface area contributed by atoms with Gasteiger partial charge in [-0.1, -0.05) is 23.8 Å². The van der Waals surface area contributed by atoms with Crippen LogP contribution in [0.15, 0.2) is 18.2 Å². The molecule has 1 aromatic carbocycles. The molecule has 3 nitrogen and oxygen atoms in total. The lowest BCUT2D eigenvalue weighted by Crippen LogP contribution is -2.30. The van der Waals surface area contributed by atoms with Gasteiger partial charge in [-0.05, 0) is 19.4 Å². The second-order valence-corrected chi connectivity index (χ2v) is 3.85. The van der Waals surface area contributed by atoms with Crippen LogP contribution < -0.4 is 0 Å². The first-order valence-electron chi connectivity index (χ1n) is 4.76. The van der Waals surface area contributed by atoms with Crippen molar-refractivity contribution in [3.05, 3.63) is 34.9 Å². The minimum atomic E-state index is -0.484. The van der Waals surface area contributed by atoms with Gasteiger partial charge >= 0.3 is 0 Å². The van der Waals surface area contributed by atoms with Gasteiger partial charge in [0.1, 0.15) is 0 Å². The molecule has 0 aliphatic heterocycles.